The first-order chi connectivity index (χ1) is 9.58. The van der Waals surface area contributed by atoms with E-state index in [-0.39, 0.29) is 0 Å². The Balaban J connectivity index is 2.20. The van der Waals surface area contributed by atoms with E-state index in [0.29, 0.717) is 6.54 Å². The first-order valence-corrected chi connectivity index (χ1v) is 6.24. The molecule has 2 aromatic rings. The van der Waals surface area contributed by atoms with Crippen LogP contribution in [0.4, 0.5) is 4.79 Å². The highest BCUT2D eigenvalue weighted by molar-refractivity contribution is 5.83. The molecule has 0 saturated heterocycles. The molecule has 1 aromatic heterocycles. The molecule has 0 fully saturated rings. The SMILES string of the molecule is Cc1nn(Cc2ccccc2)c(C)c1/C=N\NC(N)=O. The number of hydrazone groups is 1. The van der Waals surface area contributed by atoms with E-state index in [1.54, 1.807) is 6.21 Å². The number of urea groups is 1. The quantitative estimate of drug-likeness (QED) is 0.653. The zero-order valence-electron chi connectivity index (χ0n) is 11.5. The van der Waals surface area contributed by atoms with Gasteiger partial charge in [0.1, 0.15) is 0 Å². The molecule has 2 amide bonds. The lowest BCUT2D eigenvalue weighted by atomic mass is 10.2. The van der Waals surface area contributed by atoms with Crippen molar-refractivity contribution >= 4 is 12.2 Å². The Labute approximate surface area is 117 Å². The maximum atomic E-state index is 10.6. The summed E-state index contributed by atoms with van der Waals surface area (Å²) in [5.74, 6) is 0. The zero-order valence-corrected chi connectivity index (χ0v) is 11.5. The van der Waals surface area contributed by atoms with Crippen LogP contribution >= 0.6 is 0 Å². The number of aryl methyl sites for hydroxylation is 1. The topological polar surface area (TPSA) is 85.3 Å². The van der Waals surface area contributed by atoms with E-state index in [2.05, 4.69) is 27.8 Å². The van der Waals surface area contributed by atoms with E-state index >= 15 is 0 Å². The second kappa shape index (κ2) is 6.01. The Kier molecular flexibility index (Phi) is 4.14. The molecule has 1 aromatic carbocycles. The molecule has 0 aliphatic heterocycles. The summed E-state index contributed by atoms with van der Waals surface area (Å²) in [6.07, 6.45) is 1.56. The minimum atomic E-state index is -0.687. The summed E-state index contributed by atoms with van der Waals surface area (Å²) in [5.41, 5.74) is 11.0. The number of carbonyl (C=O) groups is 1. The Hall–Kier alpha value is -2.63. The van der Waals surface area contributed by atoms with Crippen LogP contribution in [0.5, 0.6) is 0 Å². The Morgan fingerprint density at radius 2 is 2.10 bits per heavy atom. The lowest BCUT2D eigenvalue weighted by Gasteiger charge is -2.04. The lowest BCUT2D eigenvalue weighted by molar-refractivity contribution is 0.249. The highest BCUT2D eigenvalue weighted by Crippen LogP contribution is 2.12. The number of nitrogens with two attached hydrogens (primary N) is 1. The van der Waals surface area contributed by atoms with Crippen molar-refractivity contribution in [3.63, 3.8) is 0 Å². The number of primary amides is 1. The van der Waals surface area contributed by atoms with Gasteiger partial charge < -0.3 is 5.73 Å². The number of nitrogens with one attached hydrogen (secondary N) is 1. The molecule has 6 nitrogen and oxygen atoms in total. The van der Waals surface area contributed by atoms with E-state index in [1.807, 2.05) is 36.7 Å². The van der Waals surface area contributed by atoms with Crippen molar-refractivity contribution in [3.05, 3.63) is 52.8 Å². The maximum Gasteiger partial charge on any atom is 0.332 e. The van der Waals surface area contributed by atoms with Crippen molar-refractivity contribution < 1.29 is 4.79 Å². The minimum absolute atomic E-state index is 0.687. The molecule has 0 atom stereocenters. The molecule has 2 rings (SSSR count). The standard InChI is InChI=1S/C14H17N5O/c1-10-13(8-16-17-14(15)20)11(2)19(18-10)9-12-6-4-3-5-7-12/h3-8H,9H2,1-2H3,(H3,15,17,20)/b16-8-. The van der Waals surface area contributed by atoms with Crippen LogP contribution in [0.25, 0.3) is 0 Å². The van der Waals surface area contributed by atoms with Crippen LogP contribution in [0.15, 0.2) is 35.4 Å². The molecule has 20 heavy (non-hydrogen) atoms. The molecule has 0 aliphatic rings. The molecule has 0 saturated carbocycles. The van der Waals surface area contributed by atoms with Gasteiger partial charge in [0.25, 0.3) is 0 Å². The molecule has 0 radical (unpaired) electrons. The first-order valence-electron chi connectivity index (χ1n) is 6.24. The molecule has 0 bridgehead atoms. The lowest BCUT2D eigenvalue weighted by Crippen LogP contribution is -2.24. The number of hydrogen-bond acceptors (Lipinski definition) is 3. The van der Waals surface area contributed by atoms with Gasteiger partial charge >= 0.3 is 6.03 Å². The summed E-state index contributed by atoms with van der Waals surface area (Å²) in [5, 5.41) is 8.26. The predicted octanol–water partition coefficient (Wildman–Crippen LogP) is 1.55. The zero-order chi connectivity index (χ0) is 14.5. The third kappa shape index (κ3) is 3.23. The summed E-state index contributed by atoms with van der Waals surface area (Å²) < 4.78 is 1.91. The summed E-state index contributed by atoms with van der Waals surface area (Å²) in [4.78, 5) is 10.6. The second-order valence-corrected chi connectivity index (χ2v) is 4.46. The monoisotopic (exact) mass is 271 g/mol. The van der Waals surface area contributed by atoms with Crippen LogP contribution in [0.3, 0.4) is 0 Å². The van der Waals surface area contributed by atoms with Crippen LogP contribution < -0.4 is 11.2 Å². The predicted molar refractivity (Wildman–Crippen MR) is 77.6 cm³/mol. The number of rotatable bonds is 4. The second-order valence-electron chi connectivity index (χ2n) is 4.46. The van der Waals surface area contributed by atoms with Crippen LogP contribution in [-0.2, 0) is 6.54 Å². The average Bonchev–Trinajstić information content (AvgIpc) is 2.67. The molecule has 0 aliphatic carbocycles. The highest BCUT2D eigenvalue weighted by Gasteiger charge is 2.09. The van der Waals surface area contributed by atoms with Crippen molar-refractivity contribution in [3.8, 4) is 0 Å². The van der Waals surface area contributed by atoms with Gasteiger partial charge in [-0.2, -0.15) is 10.2 Å². The van der Waals surface area contributed by atoms with Gasteiger partial charge in [-0.3, -0.25) is 4.68 Å². The van der Waals surface area contributed by atoms with Gasteiger partial charge in [-0.05, 0) is 19.4 Å². The Morgan fingerprint density at radius 3 is 2.75 bits per heavy atom. The number of benzene rings is 1. The van der Waals surface area contributed by atoms with Gasteiger partial charge in [0.2, 0.25) is 0 Å². The number of hydrogen-bond donors (Lipinski definition) is 2. The summed E-state index contributed by atoms with van der Waals surface area (Å²) in [6, 6.07) is 9.41. The molecule has 6 heteroatoms. The average molecular weight is 271 g/mol. The van der Waals surface area contributed by atoms with Gasteiger partial charge in [0.05, 0.1) is 18.5 Å². The van der Waals surface area contributed by atoms with Gasteiger partial charge in [-0.1, -0.05) is 30.3 Å². The van der Waals surface area contributed by atoms with Crippen molar-refractivity contribution in [1.29, 1.82) is 0 Å². The summed E-state index contributed by atoms with van der Waals surface area (Å²) in [7, 11) is 0. The smallest absolute Gasteiger partial charge is 0.332 e. The van der Waals surface area contributed by atoms with Gasteiger partial charge in [-0.25, -0.2) is 10.2 Å². The Bertz CT molecular complexity index is 631. The third-order valence-electron chi connectivity index (χ3n) is 2.98. The fourth-order valence-corrected chi connectivity index (χ4v) is 1.97. The summed E-state index contributed by atoms with van der Waals surface area (Å²) >= 11 is 0. The van der Waals surface area contributed by atoms with Crippen LogP contribution in [-0.4, -0.2) is 22.0 Å². The number of aromatic nitrogens is 2. The van der Waals surface area contributed by atoms with Crippen molar-refractivity contribution in [2.24, 2.45) is 10.8 Å². The minimum Gasteiger partial charge on any atom is -0.350 e. The fourth-order valence-electron chi connectivity index (χ4n) is 1.97. The van der Waals surface area contributed by atoms with E-state index in [9.17, 15) is 4.79 Å². The number of nitrogens with zero attached hydrogens (tertiary/aromatic N) is 3. The molecule has 3 N–H and O–H groups in total. The van der Waals surface area contributed by atoms with Crippen molar-refractivity contribution in [1.82, 2.24) is 15.2 Å². The molecule has 0 unspecified atom stereocenters. The highest BCUT2D eigenvalue weighted by atomic mass is 16.2. The molecule has 1 heterocycles. The van der Waals surface area contributed by atoms with E-state index in [1.165, 1.54) is 5.56 Å². The Morgan fingerprint density at radius 1 is 1.40 bits per heavy atom. The van der Waals surface area contributed by atoms with E-state index < -0.39 is 6.03 Å². The van der Waals surface area contributed by atoms with Crippen LogP contribution in [0.2, 0.25) is 0 Å². The van der Waals surface area contributed by atoms with Gasteiger partial charge in [0, 0.05) is 11.3 Å². The third-order valence-corrected chi connectivity index (χ3v) is 2.98. The normalized spacial score (nSPS) is 10.9. The maximum absolute atomic E-state index is 10.6. The molecule has 0 spiro atoms. The van der Waals surface area contributed by atoms with Gasteiger partial charge in [-0.15, -0.1) is 0 Å². The van der Waals surface area contributed by atoms with Crippen molar-refractivity contribution in [2.45, 2.75) is 20.4 Å². The molecular weight excluding hydrogens is 254 g/mol. The van der Waals surface area contributed by atoms with Crippen molar-refractivity contribution in [2.75, 3.05) is 0 Å². The fraction of sp³-hybridized carbons (Fsp3) is 0.214. The van der Waals surface area contributed by atoms with Crippen LogP contribution in [0, 0.1) is 13.8 Å². The van der Waals surface area contributed by atoms with Gasteiger partial charge in [0.15, 0.2) is 0 Å². The largest absolute Gasteiger partial charge is 0.350 e. The molecular formula is C14H17N5O. The first kappa shape index (κ1) is 13.8. The number of amides is 2. The molecule has 104 valence electrons. The number of carbonyl (C=O) groups excluding carboxylic acids is 1. The van der Waals surface area contributed by atoms with E-state index in [0.717, 1.165) is 17.0 Å². The van der Waals surface area contributed by atoms with Crippen LogP contribution in [0.1, 0.15) is 22.5 Å². The van der Waals surface area contributed by atoms with E-state index in [4.69, 9.17) is 5.73 Å². The summed E-state index contributed by atoms with van der Waals surface area (Å²) in [6.45, 7) is 4.57.